The van der Waals surface area contributed by atoms with Crippen LogP contribution < -0.4 is 25.6 Å². The Morgan fingerprint density at radius 1 is 1.16 bits per heavy atom. The summed E-state index contributed by atoms with van der Waals surface area (Å²) in [6.07, 6.45) is -1.65. The van der Waals surface area contributed by atoms with Crippen LogP contribution in [0.2, 0.25) is 0 Å². The second kappa shape index (κ2) is 13.2. The molecule has 3 aromatic rings. The van der Waals surface area contributed by atoms with E-state index in [1.807, 2.05) is 18.2 Å². The number of aromatic nitrogens is 2. The van der Waals surface area contributed by atoms with E-state index < -0.39 is 62.4 Å². The van der Waals surface area contributed by atoms with Gasteiger partial charge in [-0.3, -0.25) is 9.09 Å². The van der Waals surface area contributed by atoms with Crippen molar-refractivity contribution in [2.24, 2.45) is 9.86 Å². The van der Waals surface area contributed by atoms with Gasteiger partial charge >= 0.3 is 19.8 Å². The smallest absolute Gasteiger partial charge is 0.395 e. The van der Waals surface area contributed by atoms with E-state index in [1.165, 1.54) is 31.3 Å². The van der Waals surface area contributed by atoms with Gasteiger partial charge in [-0.25, -0.2) is 9.59 Å². The van der Waals surface area contributed by atoms with Crippen LogP contribution in [-0.4, -0.2) is 51.9 Å². The van der Waals surface area contributed by atoms with Gasteiger partial charge in [0, 0.05) is 11.1 Å². The molecule has 0 amide bonds. The average Bonchev–Trinajstić information content (AvgIpc) is 3.47. The number of rotatable bonds is 11. The maximum atomic E-state index is 12.8. The molecule has 2 aromatic carbocycles. The van der Waals surface area contributed by atoms with Gasteiger partial charge in [-0.2, -0.15) is 4.98 Å². The third-order valence-electron chi connectivity index (χ3n) is 6.81. The Morgan fingerprint density at radius 2 is 1.87 bits per heavy atom. The monoisotopic (exact) mass is 639 g/mol. The van der Waals surface area contributed by atoms with E-state index >= 15 is 0 Å². The van der Waals surface area contributed by atoms with E-state index in [0.29, 0.717) is 0 Å². The van der Waals surface area contributed by atoms with Gasteiger partial charge in [0.05, 0.1) is 0 Å². The molecular weight excluding hydrogens is 609 g/mol. The maximum Gasteiger partial charge on any atom is 0.395 e. The molecule has 1 unspecified atom stereocenters. The minimum Gasteiger partial charge on any atom is -0.575 e. The predicted molar refractivity (Wildman–Crippen MR) is 156 cm³/mol. The topological polar surface area (TPSA) is 218 Å². The number of esters is 1. The Bertz CT molecular complexity index is 1680. The summed E-state index contributed by atoms with van der Waals surface area (Å²) in [5.41, 5.74) is 13.4. The number of carbonyl (C=O) groups excluding carboxylic acids is 1. The molecule has 17 heteroatoms. The van der Waals surface area contributed by atoms with Gasteiger partial charge in [0.15, 0.2) is 23.8 Å². The number of fused-ring (bicyclic) bond motifs is 1. The van der Waals surface area contributed by atoms with Crippen molar-refractivity contribution in [3.8, 4) is 11.5 Å². The van der Waals surface area contributed by atoms with Crippen LogP contribution in [0.3, 0.4) is 0 Å². The summed E-state index contributed by atoms with van der Waals surface area (Å²) in [7, 11) is -2.74. The van der Waals surface area contributed by atoms with Crippen molar-refractivity contribution >= 4 is 20.0 Å². The first kappa shape index (κ1) is 31.9. The Kier molecular flexibility index (Phi) is 9.34. The van der Waals surface area contributed by atoms with E-state index in [-0.39, 0.29) is 23.9 Å². The van der Waals surface area contributed by atoms with Crippen molar-refractivity contribution in [1.29, 1.82) is 0 Å². The van der Waals surface area contributed by atoms with Crippen LogP contribution in [0.5, 0.6) is 11.5 Å². The lowest BCUT2D eigenvalue weighted by atomic mass is 10.1. The van der Waals surface area contributed by atoms with Gasteiger partial charge in [-0.15, -0.1) is 0 Å². The van der Waals surface area contributed by atoms with Crippen molar-refractivity contribution in [2.45, 2.75) is 63.4 Å². The number of nitrogens with zero attached hydrogens (tertiary/aromatic N) is 6. The molecule has 2 fully saturated rings. The summed E-state index contributed by atoms with van der Waals surface area (Å²) in [6.45, 7) is 4.38. The molecule has 2 aliphatic heterocycles. The number of anilines is 1. The number of azide groups is 1. The first-order chi connectivity index (χ1) is 21.5. The van der Waals surface area contributed by atoms with Crippen LogP contribution in [0.25, 0.3) is 10.4 Å². The third-order valence-corrected chi connectivity index (χ3v) is 7.70. The lowest BCUT2D eigenvalue weighted by Gasteiger charge is -2.30. The second-order valence-electron chi connectivity index (χ2n) is 10.6. The van der Waals surface area contributed by atoms with Crippen LogP contribution in [0.4, 0.5) is 5.82 Å². The Hall–Kier alpha value is -4.56. The summed E-state index contributed by atoms with van der Waals surface area (Å²) < 4.78 is 40.1. The number of nitrogens with two attached hydrogens (primary N) is 1. The molecule has 6 atom stereocenters. The number of benzene rings is 2. The highest BCUT2D eigenvalue weighted by Crippen LogP contribution is 2.49. The average molecular weight is 640 g/mol. The minimum atomic E-state index is -2.74. The summed E-state index contributed by atoms with van der Waals surface area (Å²) in [5.74, 6) is -1.67. The Labute approximate surface area is 257 Å². The molecule has 45 heavy (non-hydrogen) atoms. The fourth-order valence-corrected chi connectivity index (χ4v) is 5.54. The standard InChI is InChI=1S/C28H30N7O9P/c1-17(25(36)39-15-18-9-5-4-6-10-18)32-45(38)44-20-12-8-7-11-19(20)40-16-28(33-34-30)23-22(41-27(2,3)42-23)24(43-28)35-14-13-21(29)31-26(35)37/h4-14,17,22-24H,15-16H2,1-3H3,(H2,29,31,37)/t17-,22+,23-,24+,28+/m0/s1. The fraction of sp³-hybridized carbons (Fsp3) is 0.393. The number of hydrogen-bond donors (Lipinski definition) is 1. The summed E-state index contributed by atoms with van der Waals surface area (Å²) in [6, 6.07) is 15.7. The Morgan fingerprint density at radius 3 is 2.58 bits per heavy atom. The van der Waals surface area contributed by atoms with Gasteiger partial charge < -0.3 is 34.3 Å². The SMILES string of the molecule is C[C@H](N=[P+]([O-])Oc1ccccc1OC[C@@]1(N=[N+]=[N-])O[C@@H](n2ccc(N)nc2=O)[C@@H]2OC(C)(C)O[C@@H]21)C(=O)OCc1ccccc1. The van der Waals surface area contributed by atoms with Crippen LogP contribution in [0.1, 0.15) is 32.6 Å². The number of nitrogen functional groups attached to an aromatic ring is 1. The largest absolute Gasteiger partial charge is 0.575 e. The zero-order valence-electron chi connectivity index (χ0n) is 24.5. The molecule has 2 saturated heterocycles. The molecule has 2 aliphatic rings. The molecular formula is C28H30N7O9P. The Balaban J connectivity index is 1.32. The summed E-state index contributed by atoms with van der Waals surface area (Å²) >= 11 is 0. The molecule has 0 saturated carbocycles. The van der Waals surface area contributed by atoms with Gasteiger partial charge in [0.2, 0.25) is 11.5 Å². The molecule has 0 spiro atoms. The summed E-state index contributed by atoms with van der Waals surface area (Å²) in [5, 5.41) is 3.89. The van der Waals surface area contributed by atoms with E-state index in [0.717, 1.165) is 10.1 Å². The molecule has 236 valence electrons. The molecule has 0 aliphatic carbocycles. The molecule has 1 aromatic heterocycles. The van der Waals surface area contributed by atoms with Crippen molar-refractivity contribution in [1.82, 2.24) is 9.55 Å². The normalized spacial score (nSPS) is 24.3. The quantitative estimate of drug-likeness (QED) is 0.105. The molecule has 0 bridgehead atoms. The maximum absolute atomic E-state index is 12.8. The molecule has 16 nitrogen and oxygen atoms in total. The van der Waals surface area contributed by atoms with E-state index in [2.05, 4.69) is 19.8 Å². The zero-order chi connectivity index (χ0) is 32.2. The van der Waals surface area contributed by atoms with Crippen LogP contribution in [0.15, 0.2) is 81.5 Å². The molecule has 2 N–H and O–H groups in total. The second-order valence-corrected chi connectivity index (χ2v) is 11.4. The minimum absolute atomic E-state index is 0.0134. The zero-order valence-corrected chi connectivity index (χ0v) is 25.4. The number of ether oxygens (including phenoxy) is 5. The number of para-hydroxylation sites is 2. The summed E-state index contributed by atoms with van der Waals surface area (Å²) in [4.78, 5) is 44.5. The van der Waals surface area contributed by atoms with E-state index in [1.54, 1.807) is 38.1 Å². The van der Waals surface area contributed by atoms with Crippen LogP contribution in [0, 0.1) is 0 Å². The van der Waals surface area contributed by atoms with Crippen molar-refractivity contribution in [2.75, 3.05) is 12.3 Å². The van der Waals surface area contributed by atoms with E-state index in [4.69, 9.17) is 33.9 Å². The molecule has 5 rings (SSSR count). The van der Waals surface area contributed by atoms with Gasteiger partial charge in [0.1, 0.15) is 31.2 Å². The van der Waals surface area contributed by atoms with Crippen LogP contribution >= 0.6 is 8.17 Å². The number of hydrogen-bond acceptors (Lipinski definition) is 13. The number of carbonyl (C=O) groups is 1. The predicted octanol–water partition coefficient (Wildman–Crippen LogP) is 3.33. The van der Waals surface area contributed by atoms with Gasteiger partial charge in [0.25, 0.3) is 0 Å². The first-order valence-electron chi connectivity index (χ1n) is 13.7. The van der Waals surface area contributed by atoms with E-state index in [9.17, 15) is 20.0 Å². The molecule has 3 heterocycles. The van der Waals surface area contributed by atoms with Crippen molar-refractivity contribution in [3.63, 3.8) is 0 Å². The highest BCUT2D eigenvalue weighted by molar-refractivity contribution is 7.34. The van der Waals surface area contributed by atoms with Crippen molar-refractivity contribution < 1.29 is 37.9 Å². The lowest BCUT2D eigenvalue weighted by molar-refractivity contribution is -0.224. The van der Waals surface area contributed by atoms with Crippen molar-refractivity contribution in [3.05, 3.63) is 93.4 Å². The highest BCUT2D eigenvalue weighted by atomic mass is 31.1. The first-order valence-corrected chi connectivity index (χ1v) is 14.9. The van der Waals surface area contributed by atoms with Crippen LogP contribution in [-0.2, 0) is 30.3 Å². The fourth-order valence-electron chi connectivity index (χ4n) is 4.80. The molecule has 0 radical (unpaired) electrons. The third kappa shape index (κ3) is 7.23. The van der Waals surface area contributed by atoms with Gasteiger partial charge in [-0.05, 0) is 50.1 Å². The highest BCUT2D eigenvalue weighted by Gasteiger charge is 2.64. The van der Waals surface area contributed by atoms with Gasteiger partial charge in [-0.1, -0.05) is 52.3 Å². The lowest BCUT2D eigenvalue weighted by Crippen LogP contribution is -2.46.